The number of amides is 2. The maximum Gasteiger partial charge on any atom is 0.252 e. The van der Waals surface area contributed by atoms with Crippen LogP contribution in [-0.2, 0) is 11.3 Å². The largest absolute Gasteiger partial charge is 0.351 e. The Kier molecular flexibility index (Phi) is 6.43. The second-order valence-electron chi connectivity index (χ2n) is 5.18. The standard InChI is InChI=1S/C17H17BrFN3O2/c1-11-3-2-4-13(22-11)10-21-16(23)7-8-20-17(24)14-9-12(19)5-6-15(14)18/h2-6,9H,7-8,10H2,1H3,(H,20,24)(H,21,23). The summed E-state index contributed by atoms with van der Waals surface area (Å²) in [7, 11) is 0. The van der Waals surface area contributed by atoms with Crippen LogP contribution in [0.1, 0.15) is 28.2 Å². The molecule has 24 heavy (non-hydrogen) atoms. The first-order valence-electron chi connectivity index (χ1n) is 7.38. The Morgan fingerprint density at radius 2 is 2.00 bits per heavy atom. The molecule has 0 unspecified atom stereocenters. The van der Waals surface area contributed by atoms with Crippen LogP contribution in [0.4, 0.5) is 4.39 Å². The lowest BCUT2D eigenvalue weighted by atomic mass is 10.2. The average molecular weight is 394 g/mol. The molecule has 0 aliphatic rings. The molecule has 2 rings (SSSR count). The predicted octanol–water partition coefficient (Wildman–Crippen LogP) is 2.73. The van der Waals surface area contributed by atoms with E-state index in [-0.39, 0.29) is 24.4 Å². The van der Waals surface area contributed by atoms with Crippen LogP contribution in [0, 0.1) is 12.7 Å². The van der Waals surface area contributed by atoms with Gasteiger partial charge in [-0.15, -0.1) is 0 Å². The van der Waals surface area contributed by atoms with Crippen molar-refractivity contribution >= 4 is 27.7 Å². The summed E-state index contributed by atoms with van der Waals surface area (Å²) in [5, 5.41) is 5.33. The molecule has 0 atom stereocenters. The average Bonchev–Trinajstić information content (AvgIpc) is 2.55. The summed E-state index contributed by atoms with van der Waals surface area (Å²) in [6.07, 6.45) is 0.129. The van der Waals surface area contributed by atoms with Gasteiger partial charge in [0, 0.05) is 23.1 Å². The Morgan fingerprint density at radius 3 is 2.75 bits per heavy atom. The van der Waals surface area contributed by atoms with Gasteiger partial charge in [-0.1, -0.05) is 6.07 Å². The molecule has 2 N–H and O–H groups in total. The Bertz CT molecular complexity index is 752. The molecule has 0 saturated carbocycles. The van der Waals surface area contributed by atoms with Crippen LogP contribution in [0.2, 0.25) is 0 Å². The molecule has 0 aliphatic carbocycles. The third kappa shape index (κ3) is 5.42. The number of carbonyl (C=O) groups excluding carboxylic acids is 2. The van der Waals surface area contributed by atoms with Gasteiger partial charge in [0.1, 0.15) is 5.82 Å². The summed E-state index contributed by atoms with van der Waals surface area (Å²) in [6, 6.07) is 9.45. The summed E-state index contributed by atoms with van der Waals surface area (Å²) < 4.78 is 13.7. The molecule has 0 saturated heterocycles. The molecule has 2 amide bonds. The van der Waals surface area contributed by atoms with Gasteiger partial charge in [-0.2, -0.15) is 0 Å². The number of carbonyl (C=O) groups is 2. The molecule has 0 fully saturated rings. The quantitative estimate of drug-likeness (QED) is 0.792. The van der Waals surface area contributed by atoms with Gasteiger partial charge in [-0.05, 0) is 53.2 Å². The van der Waals surface area contributed by atoms with Crippen molar-refractivity contribution in [2.75, 3.05) is 6.54 Å². The van der Waals surface area contributed by atoms with Crippen molar-refractivity contribution in [3.8, 4) is 0 Å². The summed E-state index contributed by atoms with van der Waals surface area (Å²) in [4.78, 5) is 28.0. The zero-order chi connectivity index (χ0) is 17.5. The highest BCUT2D eigenvalue weighted by atomic mass is 79.9. The van der Waals surface area contributed by atoms with E-state index in [1.165, 1.54) is 12.1 Å². The van der Waals surface area contributed by atoms with Crippen molar-refractivity contribution in [2.24, 2.45) is 0 Å². The van der Waals surface area contributed by atoms with E-state index < -0.39 is 11.7 Å². The van der Waals surface area contributed by atoms with Gasteiger partial charge < -0.3 is 10.6 Å². The van der Waals surface area contributed by atoms with Crippen LogP contribution in [0.25, 0.3) is 0 Å². The van der Waals surface area contributed by atoms with E-state index in [4.69, 9.17) is 0 Å². The molecule has 1 heterocycles. The van der Waals surface area contributed by atoms with E-state index in [2.05, 4.69) is 31.5 Å². The third-order valence-corrected chi connectivity index (χ3v) is 3.91. The number of aryl methyl sites for hydroxylation is 1. The van der Waals surface area contributed by atoms with Crippen LogP contribution in [0.15, 0.2) is 40.9 Å². The molecule has 126 valence electrons. The first-order chi connectivity index (χ1) is 11.5. The van der Waals surface area contributed by atoms with Crippen molar-refractivity contribution < 1.29 is 14.0 Å². The first kappa shape index (κ1) is 18.1. The Labute approximate surface area is 147 Å². The Balaban J connectivity index is 1.76. The van der Waals surface area contributed by atoms with E-state index in [0.29, 0.717) is 11.0 Å². The highest BCUT2D eigenvalue weighted by Crippen LogP contribution is 2.17. The molecule has 0 radical (unpaired) electrons. The van der Waals surface area contributed by atoms with E-state index in [9.17, 15) is 14.0 Å². The molecule has 1 aromatic heterocycles. The number of nitrogens with zero attached hydrogens (tertiary/aromatic N) is 1. The van der Waals surface area contributed by atoms with Crippen molar-refractivity contribution in [1.82, 2.24) is 15.6 Å². The number of pyridine rings is 1. The van der Waals surface area contributed by atoms with Gasteiger partial charge in [0.05, 0.1) is 17.8 Å². The van der Waals surface area contributed by atoms with Crippen LogP contribution >= 0.6 is 15.9 Å². The molecular formula is C17H17BrFN3O2. The lowest BCUT2D eigenvalue weighted by molar-refractivity contribution is -0.121. The smallest absolute Gasteiger partial charge is 0.252 e. The van der Waals surface area contributed by atoms with Gasteiger partial charge in [0.2, 0.25) is 5.91 Å². The number of benzene rings is 1. The second-order valence-corrected chi connectivity index (χ2v) is 6.03. The van der Waals surface area contributed by atoms with Crippen molar-refractivity contribution in [3.63, 3.8) is 0 Å². The van der Waals surface area contributed by atoms with E-state index >= 15 is 0 Å². The van der Waals surface area contributed by atoms with Crippen molar-refractivity contribution in [3.05, 3.63) is 63.6 Å². The monoisotopic (exact) mass is 393 g/mol. The Hall–Kier alpha value is -2.28. The number of nitrogens with one attached hydrogen (secondary N) is 2. The van der Waals surface area contributed by atoms with E-state index in [1.54, 1.807) is 0 Å². The number of halogens is 2. The zero-order valence-corrected chi connectivity index (χ0v) is 14.7. The lowest BCUT2D eigenvalue weighted by Crippen LogP contribution is -2.30. The molecule has 1 aromatic carbocycles. The fourth-order valence-electron chi connectivity index (χ4n) is 2.03. The predicted molar refractivity (Wildman–Crippen MR) is 91.9 cm³/mol. The minimum Gasteiger partial charge on any atom is -0.351 e. The highest BCUT2D eigenvalue weighted by molar-refractivity contribution is 9.10. The van der Waals surface area contributed by atoms with Gasteiger partial charge in [-0.25, -0.2) is 4.39 Å². The first-order valence-corrected chi connectivity index (χ1v) is 8.17. The van der Waals surface area contributed by atoms with E-state index in [1.807, 2.05) is 25.1 Å². The molecule has 2 aromatic rings. The maximum absolute atomic E-state index is 13.2. The van der Waals surface area contributed by atoms with Gasteiger partial charge in [0.15, 0.2) is 0 Å². The fourth-order valence-corrected chi connectivity index (χ4v) is 2.46. The van der Waals surface area contributed by atoms with Gasteiger partial charge in [-0.3, -0.25) is 14.6 Å². The van der Waals surface area contributed by atoms with Gasteiger partial charge in [0.25, 0.3) is 5.91 Å². The number of rotatable bonds is 6. The highest BCUT2D eigenvalue weighted by Gasteiger charge is 2.11. The minimum atomic E-state index is -0.494. The molecule has 5 nitrogen and oxygen atoms in total. The molecule has 0 bridgehead atoms. The van der Waals surface area contributed by atoms with Crippen molar-refractivity contribution in [2.45, 2.75) is 19.9 Å². The fraction of sp³-hybridized carbons (Fsp3) is 0.235. The topological polar surface area (TPSA) is 71.1 Å². The van der Waals surface area contributed by atoms with E-state index in [0.717, 1.165) is 17.5 Å². The number of hydrogen-bond acceptors (Lipinski definition) is 3. The lowest BCUT2D eigenvalue weighted by Gasteiger charge is -2.08. The van der Waals surface area contributed by atoms with Crippen molar-refractivity contribution in [1.29, 1.82) is 0 Å². The summed E-state index contributed by atoms with van der Waals surface area (Å²) in [6.45, 7) is 2.38. The summed E-state index contributed by atoms with van der Waals surface area (Å²) >= 11 is 3.19. The Morgan fingerprint density at radius 1 is 1.21 bits per heavy atom. The maximum atomic E-state index is 13.2. The molecular weight excluding hydrogens is 377 g/mol. The summed E-state index contributed by atoms with van der Waals surface area (Å²) in [5.41, 5.74) is 1.85. The van der Waals surface area contributed by atoms with Gasteiger partial charge >= 0.3 is 0 Å². The zero-order valence-electron chi connectivity index (χ0n) is 13.1. The molecule has 0 spiro atoms. The summed E-state index contributed by atoms with van der Waals surface area (Å²) in [5.74, 6) is -1.13. The SMILES string of the molecule is Cc1cccc(CNC(=O)CCNC(=O)c2cc(F)ccc2Br)n1. The number of aromatic nitrogens is 1. The minimum absolute atomic E-state index is 0.129. The number of hydrogen-bond donors (Lipinski definition) is 2. The third-order valence-electron chi connectivity index (χ3n) is 3.22. The molecule has 7 heteroatoms. The second kappa shape index (κ2) is 8.54. The van der Waals surface area contributed by atoms with Crippen LogP contribution in [0.3, 0.4) is 0 Å². The normalized spacial score (nSPS) is 10.3. The molecule has 0 aliphatic heterocycles. The van der Waals surface area contributed by atoms with Crippen LogP contribution < -0.4 is 10.6 Å². The van der Waals surface area contributed by atoms with Crippen LogP contribution in [-0.4, -0.2) is 23.3 Å². The van der Waals surface area contributed by atoms with Crippen LogP contribution in [0.5, 0.6) is 0 Å².